The average Bonchev–Trinajstić information content (AvgIpc) is 2.57. The first-order chi connectivity index (χ1) is 8.70. The molecule has 0 saturated carbocycles. The summed E-state index contributed by atoms with van der Waals surface area (Å²) >= 11 is 0. The first-order valence-corrected chi connectivity index (χ1v) is 6.78. The third-order valence-corrected chi connectivity index (χ3v) is 3.53. The molecular formula is C15H24N2O. The lowest BCUT2D eigenvalue weighted by atomic mass is 10.0. The Kier molecular flexibility index (Phi) is 4.61. The number of rotatable bonds is 3. The van der Waals surface area contributed by atoms with E-state index in [0.29, 0.717) is 0 Å². The molecule has 1 aliphatic heterocycles. The van der Waals surface area contributed by atoms with Crippen LogP contribution in [0.2, 0.25) is 0 Å². The molecule has 0 amide bonds. The van der Waals surface area contributed by atoms with Gasteiger partial charge in [-0.3, -0.25) is 4.90 Å². The fourth-order valence-corrected chi connectivity index (χ4v) is 2.75. The highest BCUT2D eigenvalue weighted by molar-refractivity contribution is 5.43. The van der Waals surface area contributed by atoms with E-state index in [0.717, 1.165) is 31.9 Å². The Morgan fingerprint density at radius 2 is 2.06 bits per heavy atom. The van der Waals surface area contributed by atoms with Gasteiger partial charge in [0.15, 0.2) is 0 Å². The molecule has 0 aliphatic carbocycles. The summed E-state index contributed by atoms with van der Waals surface area (Å²) in [4.78, 5) is 2.51. The van der Waals surface area contributed by atoms with Gasteiger partial charge in [-0.25, -0.2) is 0 Å². The number of nitrogens with one attached hydrogen (secondary N) is 1. The van der Waals surface area contributed by atoms with Crippen LogP contribution < -0.4 is 10.1 Å². The molecule has 0 atom stereocenters. The largest absolute Gasteiger partial charge is 0.496 e. The molecule has 2 rings (SSSR count). The van der Waals surface area contributed by atoms with Gasteiger partial charge in [-0.05, 0) is 38.9 Å². The quantitative estimate of drug-likeness (QED) is 0.886. The van der Waals surface area contributed by atoms with E-state index in [2.05, 4.69) is 36.2 Å². The van der Waals surface area contributed by atoms with Crippen LogP contribution in [0.5, 0.6) is 5.75 Å². The summed E-state index contributed by atoms with van der Waals surface area (Å²) in [5, 5.41) is 3.44. The van der Waals surface area contributed by atoms with E-state index in [4.69, 9.17) is 4.74 Å². The van der Waals surface area contributed by atoms with E-state index in [1.165, 1.54) is 29.7 Å². The maximum Gasteiger partial charge on any atom is 0.126 e. The summed E-state index contributed by atoms with van der Waals surface area (Å²) in [5.41, 5.74) is 3.87. The van der Waals surface area contributed by atoms with Crippen molar-refractivity contribution in [3.05, 3.63) is 28.8 Å². The molecule has 1 aromatic rings. The predicted molar refractivity (Wildman–Crippen MR) is 75.2 cm³/mol. The zero-order valence-electron chi connectivity index (χ0n) is 11.8. The second-order valence-corrected chi connectivity index (χ2v) is 5.15. The summed E-state index contributed by atoms with van der Waals surface area (Å²) in [7, 11) is 1.77. The van der Waals surface area contributed by atoms with Gasteiger partial charge in [-0.2, -0.15) is 0 Å². The zero-order valence-corrected chi connectivity index (χ0v) is 11.8. The zero-order chi connectivity index (χ0) is 13.0. The second kappa shape index (κ2) is 6.21. The van der Waals surface area contributed by atoms with Crippen molar-refractivity contribution in [1.29, 1.82) is 0 Å². The van der Waals surface area contributed by atoms with Gasteiger partial charge in [0.2, 0.25) is 0 Å². The molecule has 1 aliphatic rings. The highest BCUT2D eigenvalue weighted by Gasteiger charge is 2.13. The van der Waals surface area contributed by atoms with Crippen LogP contribution >= 0.6 is 0 Å². The van der Waals surface area contributed by atoms with Crippen molar-refractivity contribution in [2.75, 3.05) is 33.3 Å². The van der Waals surface area contributed by atoms with Gasteiger partial charge in [0.05, 0.1) is 7.11 Å². The van der Waals surface area contributed by atoms with E-state index in [-0.39, 0.29) is 0 Å². The third kappa shape index (κ3) is 3.24. The van der Waals surface area contributed by atoms with Crippen molar-refractivity contribution in [2.45, 2.75) is 26.8 Å². The molecule has 3 heteroatoms. The van der Waals surface area contributed by atoms with E-state index < -0.39 is 0 Å². The summed E-state index contributed by atoms with van der Waals surface area (Å²) in [5.74, 6) is 1.05. The molecule has 1 aromatic carbocycles. The smallest absolute Gasteiger partial charge is 0.126 e. The topological polar surface area (TPSA) is 24.5 Å². The Morgan fingerprint density at radius 1 is 1.22 bits per heavy atom. The number of hydrogen-bond donors (Lipinski definition) is 1. The first kappa shape index (κ1) is 13.4. The molecule has 0 bridgehead atoms. The van der Waals surface area contributed by atoms with Crippen LogP contribution in [0, 0.1) is 13.8 Å². The Balaban J connectivity index is 2.16. The lowest BCUT2D eigenvalue weighted by molar-refractivity contribution is 0.278. The number of nitrogens with zero attached hydrogens (tertiary/aromatic N) is 1. The van der Waals surface area contributed by atoms with Crippen molar-refractivity contribution in [3.8, 4) is 5.75 Å². The maximum atomic E-state index is 5.56. The first-order valence-electron chi connectivity index (χ1n) is 6.78. The van der Waals surface area contributed by atoms with Crippen LogP contribution in [0.25, 0.3) is 0 Å². The van der Waals surface area contributed by atoms with Crippen molar-refractivity contribution < 1.29 is 4.74 Å². The lowest BCUT2D eigenvalue weighted by Gasteiger charge is -2.22. The molecule has 1 heterocycles. The lowest BCUT2D eigenvalue weighted by Crippen LogP contribution is -2.27. The minimum atomic E-state index is 0.993. The molecule has 0 radical (unpaired) electrons. The average molecular weight is 248 g/mol. The van der Waals surface area contributed by atoms with Gasteiger partial charge < -0.3 is 10.1 Å². The monoisotopic (exact) mass is 248 g/mol. The summed E-state index contributed by atoms with van der Waals surface area (Å²) in [6.45, 7) is 9.79. The van der Waals surface area contributed by atoms with Crippen molar-refractivity contribution in [3.63, 3.8) is 0 Å². The number of hydrogen-bond acceptors (Lipinski definition) is 3. The third-order valence-electron chi connectivity index (χ3n) is 3.53. The Morgan fingerprint density at radius 3 is 2.83 bits per heavy atom. The molecular weight excluding hydrogens is 224 g/mol. The van der Waals surface area contributed by atoms with Crippen LogP contribution in [-0.4, -0.2) is 38.2 Å². The van der Waals surface area contributed by atoms with Crippen LogP contribution in [0.4, 0.5) is 0 Å². The Hall–Kier alpha value is -1.06. The number of benzene rings is 1. The van der Waals surface area contributed by atoms with Crippen molar-refractivity contribution in [1.82, 2.24) is 10.2 Å². The Bertz CT molecular complexity index is 396. The van der Waals surface area contributed by atoms with Crippen LogP contribution in [0.1, 0.15) is 23.1 Å². The van der Waals surface area contributed by atoms with Crippen LogP contribution in [0.15, 0.2) is 12.1 Å². The van der Waals surface area contributed by atoms with Gasteiger partial charge in [0.1, 0.15) is 5.75 Å². The maximum absolute atomic E-state index is 5.56. The normalized spacial score (nSPS) is 17.5. The fraction of sp³-hybridized carbons (Fsp3) is 0.600. The highest BCUT2D eigenvalue weighted by Crippen LogP contribution is 2.26. The van der Waals surface area contributed by atoms with E-state index in [1.54, 1.807) is 7.11 Å². The number of aryl methyl sites for hydroxylation is 2. The molecule has 1 fully saturated rings. The number of ether oxygens (including phenoxy) is 1. The standard InChI is InChI=1S/C15H24N2O/c1-12-9-13(2)15(18-3)14(10-12)11-17-7-4-5-16-6-8-17/h9-10,16H,4-8,11H2,1-3H3. The minimum Gasteiger partial charge on any atom is -0.496 e. The summed E-state index contributed by atoms with van der Waals surface area (Å²) < 4.78 is 5.56. The molecule has 0 unspecified atom stereocenters. The van der Waals surface area contributed by atoms with E-state index in [1.807, 2.05) is 0 Å². The molecule has 18 heavy (non-hydrogen) atoms. The number of methoxy groups -OCH3 is 1. The fourth-order valence-electron chi connectivity index (χ4n) is 2.75. The van der Waals surface area contributed by atoms with E-state index >= 15 is 0 Å². The van der Waals surface area contributed by atoms with Crippen LogP contribution in [0.3, 0.4) is 0 Å². The highest BCUT2D eigenvalue weighted by atomic mass is 16.5. The van der Waals surface area contributed by atoms with Gasteiger partial charge in [0.25, 0.3) is 0 Å². The molecule has 1 saturated heterocycles. The predicted octanol–water partition coefficient (Wildman–Crippen LogP) is 2.11. The van der Waals surface area contributed by atoms with Crippen molar-refractivity contribution in [2.24, 2.45) is 0 Å². The van der Waals surface area contributed by atoms with Gasteiger partial charge in [-0.1, -0.05) is 17.7 Å². The molecule has 3 nitrogen and oxygen atoms in total. The molecule has 0 spiro atoms. The van der Waals surface area contributed by atoms with Gasteiger partial charge in [-0.15, -0.1) is 0 Å². The van der Waals surface area contributed by atoms with Gasteiger partial charge >= 0.3 is 0 Å². The minimum absolute atomic E-state index is 0.993. The summed E-state index contributed by atoms with van der Waals surface area (Å²) in [6.07, 6.45) is 1.23. The van der Waals surface area contributed by atoms with Crippen LogP contribution in [-0.2, 0) is 6.54 Å². The van der Waals surface area contributed by atoms with E-state index in [9.17, 15) is 0 Å². The van der Waals surface area contributed by atoms with Crippen molar-refractivity contribution >= 4 is 0 Å². The second-order valence-electron chi connectivity index (χ2n) is 5.15. The molecule has 100 valence electrons. The SMILES string of the molecule is COc1c(C)cc(C)cc1CN1CCCNCC1. The van der Waals surface area contributed by atoms with Gasteiger partial charge in [0, 0.05) is 25.2 Å². The summed E-state index contributed by atoms with van der Waals surface area (Å²) in [6, 6.07) is 4.44. The Labute approximate surface area is 110 Å². The molecule has 0 aromatic heterocycles. The molecule has 1 N–H and O–H groups in total.